The molecular weight excluding hydrogens is 295 g/mol. The molecule has 1 aliphatic heterocycles. The molecule has 1 saturated heterocycles. The minimum absolute atomic E-state index is 0.559. The van der Waals surface area contributed by atoms with E-state index in [0.717, 1.165) is 10.8 Å². The van der Waals surface area contributed by atoms with Crippen LogP contribution in [0.2, 0.25) is 0 Å². The largest absolute Gasteiger partial charge is 0.391 e. The number of hydrogen-bond acceptors (Lipinski definition) is 7. The van der Waals surface area contributed by atoms with Gasteiger partial charge in [-0.1, -0.05) is 5.92 Å². The first-order valence-electron chi connectivity index (χ1n) is 6.51. The van der Waals surface area contributed by atoms with Crippen LogP contribution >= 0.6 is 0 Å². The summed E-state index contributed by atoms with van der Waals surface area (Å²) in [6.45, 7) is 2.87. The number of aliphatic hydroxyl groups is 2. The highest BCUT2D eigenvalue weighted by molar-refractivity contribution is 5.29. The van der Waals surface area contributed by atoms with E-state index >= 15 is 0 Å². The number of anilines is 1. The molecule has 8 nitrogen and oxygen atoms in total. The molecule has 0 radical (unpaired) electrons. The Morgan fingerprint density at radius 2 is 2.27 bits per heavy atom. The number of ether oxygens (including phenoxy) is 1. The third kappa shape index (κ3) is 2.46. The maximum Gasteiger partial charge on any atom is 0.351 e. The quantitative estimate of drug-likeness (QED) is 0.479. The summed E-state index contributed by atoms with van der Waals surface area (Å²) >= 11 is 0. The molecule has 2 unspecified atom stereocenters. The molecule has 120 valence electrons. The van der Waals surface area contributed by atoms with Crippen LogP contribution in [0.15, 0.2) is 11.0 Å². The van der Waals surface area contributed by atoms with Crippen LogP contribution in [0, 0.1) is 17.7 Å². The first-order valence-corrected chi connectivity index (χ1v) is 6.51. The maximum atomic E-state index is 13.6. The zero-order valence-electron chi connectivity index (χ0n) is 12.0. The smallest absolute Gasteiger partial charge is 0.351 e. The molecule has 22 heavy (non-hydrogen) atoms. The van der Waals surface area contributed by atoms with E-state index in [1.165, 1.54) is 13.8 Å². The Kier molecular flexibility index (Phi) is 4.21. The van der Waals surface area contributed by atoms with E-state index in [2.05, 4.69) is 16.8 Å². The molecule has 1 aromatic heterocycles. The predicted molar refractivity (Wildman–Crippen MR) is 74.8 cm³/mol. The van der Waals surface area contributed by atoms with Crippen LogP contribution in [0.5, 0.6) is 0 Å². The third-order valence-corrected chi connectivity index (χ3v) is 3.50. The van der Waals surface area contributed by atoms with Crippen molar-refractivity contribution in [2.24, 2.45) is 5.73 Å². The summed E-state index contributed by atoms with van der Waals surface area (Å²) in [5.74, 6) is 3.60. The Labute approximate surface area is 125 Å². The zero-order valence-corrected chi connectivity index (χ0v) is 12.0. The van der Waals surface area contributed by atoms with E-state index in [9.17, 15) is 19.4 Å². The molecule has 0 bridgehead atoms. The lowest BCUT2D eigenvalue weighted by atomic mass is 9.90. The molecule has 0 saturated carbocycles. The van der Waals surface area contributed by atoms with Gasteiger partial charge in [0.1, 0.15) is 12.2 Å². The fourth-order valence-corrected chi connectivity index (χ4v) is 2.40. The van der Waals surface area contributed by atoms with Crippen molar-refractivity contribution in [3.05, 3.63) is 22.5 Å². The van der Waals surface area contributed by atoms with Crippen LogP contribution in [0.3, 0.4) is 0 Å². The summed E-state index contributed by atoms with van der Waals surface area (Å²) in [6.07, 6.45) is -4.11. The number of aliphatic hydroxyl groups excluding tert-OH is 2. The van der Waals surface area contributed by atoms with Crippen LogP contribution in [0.1, 0.15) is 20.1 Å². The summed E-state index contributed by atoms with van der Waals surface area (Å²) in [5, 5.41) is 20.0. The molecule has 0 aromatic carbocycles. The molecule has 0 spiro atoms. The molecule has 2 rings (SSSR count). The van der Waals surface area contributed by atoms with Crippen LogP contribution in [-0.4, -0.2) is 43.6 Å². The summed E-state index contributed by atoms with van der Waals surface area (Å²) in [7, 11) is 0. The first kappa shape index (κ1) is 16.4. The van der Waals surface area contributed by atoms with E-state index in [1.54, 1.807) is 0 Å². The minimum atomic E-state index is -1.72. The summed E-state index contributed by atoms with van der Waals surface area (Å²) in [4.78, 5) is 15.3. The highest BCUT2D eigenvalue weighted by Gasteiger charge is 2.55. The van der Waals surface area contributed by atoms with Gasteiger partial charge in [-0.05, 0) is 13.8 Å². The zero-order chi connectivity index (χ0) is 16.7. The van der Waals surface area contributed by atoms with Gasteiger partial charge in [0, 0.05) is 0 Å². The van der Waals surface area contributed by atoms with Crippen molar-refractivity contribution in [2.75, 3.05) is 5.73 Å². The van der Waals surface area contributed by atoms with Gasteiger partial charge in [0.25, 0.3) is 0 Å². The van der Waals surface area contributed by atoms with Gasteiger partial charge < -0.3 is 26.4 Å². The number of nitrogen functional groups attached to an aromatic ring is 1. The van der Waals surface area contributed by atoms with Gasteiger partial charge in [-0.25, -0.2) is 9.18 Å². The number of hydrogen-bond donors (Lipinski definition) is 4. The average Bonchev–Trinajstić information content (AvgIpc) is 2.68. The van der Waals surface area contributed by atoms with Crippen molar-refractivity contribution >= 4 is 5.82 Å². The van der Waals surface area contributed by atoms with Crippen LogP contribution in [0.25, 0.3) is 0 Å². The summed E-state index contributed by atoms with van der Waals surface area (Å²) in [5.41, 5.74) is 8.68. The third-order valence-electron chi connectivity index (χ3n) is 3.50. The molecule has 9 heteroatoms. The van der Waals surface area contributed by atoms with E-state index in [4.69, 9.17) is 16.2 Å². The van der Waals surface area contributed by atoms with Gasteiger partial charge in [-0.2, -0.15) is 4.98 Å². The van der Waals surface area contributed by atoms with Crippen molar-refractivity contribution in [3.8, 4) is 11.8 Å². The number of nitrogens with two attached hydrogens (primary N) is 2. The van der Waals surface area contributed by atoms with E-state index in [1.807, 2.05) is 0 Å². The Bertz CT molecular complexity index is 696. The minimum Gasteiger partial charge on any atom is -0.391 e. The SMILES string of the molecule is CC#CC1(N)C(O)[C@@H]([C@H](C)O)O[C@H]1n1cc(F)c(N)nc1=O. The lowest BCUT2D eigenvalue weighted by Crippen LogP contribution is -2.55. The highest BCUT2D eigenvalue weighted by Crippen LogP contribution is 2.37. The van der Waals surface area contributed by atoms with Crippen molar-refractivity contribution in [3.63, 3.8) is 0 Å². The van der Waals surface area contributed by atoms with E-state index < -0.39 is 47.4 Å². The van der Waals surface area contributed by atoms with Crippen molar-refractivity contribution in [2.45, 2.75) is 43.9 Å². The molecule has 6 N–H and O–H groups in total. The van der Waals surface area contributed by atoms with Gasteiger partial charge in [-0.3, -0.25) is 4.57 Å². The number of nitrogens with zero attached hydrogens (tertiary/aromatic N) is 2. The second kappa shape index (κ2) is 5.66. The Balaban J connectivity index is 2.59. The number of aromatic nitrogens is 2. The molecule has 1 fully saturated rings. The van der Waals surface area contributed by atoms with Gasteiger partial charge >= 0.3 is 5.69 Å². The average molecular weight is 312 g/mol. The number of halogens is 1. The lowest BCUT2D eigenvalue weighted by molar-refractivity contribution is -0.0780. The molecular formula is C13H17FN4O4. The standard InChI is InChI=1S/C13H17FN4O4/c1-3-4-13(16)9(20)8(6(2)19)22-11(13)18-5-7(14)10(15)17-12(18)21/h5-6,8-9,11,19-20H,16H2,1-2H3,(H2,15,17,21)/t6-,8+,9?,11+,13?/m0/s1. The summed E-state index contributed by atoms with van der Waals surface area (Å²) < 4.78 is 19.8. The molecule has 1 aromatic rings. The predicted octanol–water partition coefficient (Wildman–Crippen LogP) is -1.68. The topological polar surface area (TPSA) is 137 Å². The van der Waals surface area contributed by atoms with E-state index in [-0.39, 0.29) is 0 Å². The van der Waals surface area contributed by atoms with Crippen LogP contribution in [0.4, 0.5) is 10.2 Å². The fourth-order valence-electron chi connectivity index (χ4n) is 2.40. The molecule has 2 heterocycles. The first-order chi connectivity index (χ1) is 10.2. The van der Waals surface area contributed by atoms with Crippen molar-refractivity contribution in [1.82, 2.24) is 9.55 Å². The normalized spacial score (nSPS) is 32.4. The van der Waals surface area contributed by atoms with Crippen molar-refractivity contribution in [1.29, 1.82) is 0 Å². The van der Waals surface area contributed by atoms with Gasteiger partial charge in [0.2, 0.25) is 0 Å². The Morgan fingerprint density at radius 1 is 1.64 bits per heavy atom. The molecule has 5 atom stereocenters. The van der Waals surface area contributed by atoms with Crippen LogP contribution in [-0.2, 0) is 4.74 Å². The van der Waals surface area contributed by atoms with Gasteiger partial charge in [-0.15, -0.1) is 5.92 Å². The lowest BCUT2D eigenvalue weighted by Gasteiger charge is -2.28. The fraction of sp³-hybridized carbons (Fsp3) is 0.538. The summed E-state index contributed by atoms with van der Waals surface area (Å²) in [6, 6.07) is 0. The van der Waals surface area contributed by atoms with Crippen LogP contribution < -0.4 is 17.2 Å². The van der Waals surface area contributed by atoms with Gasteiger partial charge in [0.15, 0.2) is 23.4 Å². The number of rotatable bonds is 2. The second-order valence-corrected chi connectivity index (χ2v) is 5.11. The van der Waals surface area contributed by atoms with E-state index in [0.29, 0.717) is 0 Å². The Hall–Kier alpha value is -1.99. The molecule has 0 amide bonds. The monoisotopic (exact) mass is 312 g/mol. The maximum absolute atomic E-state index is 13.6. The Morgan fingerprint density at radius 3 is 2.82 bits per heavy atom. The second-order valence-electron chi connectivity index (χ2n) is 5.11. The molecule has 0 aliphatic carbocycles. The molecule has 1 aliphatic rings. The van der Waals surface area contributed by atoms with Crippen molar-refractivity contribution < 1.29 is 19.3 Å². The highest BCUT2D eigenvalue weighted by atomic mass is 19.1. The van der Waals surface area contributed by atoms with Gasteiger partial charge in [0.05, 0.1) is 12.3 Å².